The third-order valence-corrected chi connectivity index (χ3v) is 2.94. The fraction of sp³-hybridized carbons (Fsp3) is 0.583. The summed E-state index contributed by atoms with van der Waals surface area (Å²) in [7, 11) is 0. The molecule has 0 atom stereocenters. The van der Waals surface area contributed by atoms with E-state index in [-0.39, 0.29) is 6.04 Å². The number of hydrogen-bond acceptors (Lipinski definition) is 3. The van der Waals surface area contributed by atoms with Crippen molar-refractivity contribution in [2.24, 2.45) is 0 Å². The van der Waals surface area contributed by atoms with Crippen molar-refractivity contribution in [3.63, 3.8) is 0 Å². The van der Waals surface area contributed by atoms with E-state index in [9.17, 15) is 13.2 Å². The fourth-order valence-electron chi connectivity index (χ4n) is 2.03. The monoisotopic (exact) mass is 259 g/mol. The number of likely N-dealkylation sites (tertiary alicyclic amines) is 1. The van der Waals surface area contributed by atoms with Crippen LogP contribution in [0.15, 0.2) is 18.3 Å². The molecule has 0 amide bonds. The Balaban J connectivity index is 1.79. The molecule has 100 valence electrons. The molecule has 1 aliphatic heterocycles. The van der Waals surface area contributed by atoms with Crippen LogP contribution in [-0.2, 0) is 6.42 Å². The zero-order chi connectivity index (χ0) is 13.2. The molecule has 2 heterocycles. The van der Waals surface area contributed by atoms with E-state index < -0.39 is 12.7 Å². The maximum Gasteiger partial charge on any atom is 0.401 e. The number of alkyl halides is 3. The molecule has 0 unspecified atom stereocenters. The van der Waals surface area contributed by atoms with Gasteiger partial charge < -0.3 is 5.32 Å². The van der Waals surface area contributed by atoms with Gasteiger partial charge in [0, 0.05) is 19.3 Å². The first-order valence-electron chi connectivity index (χ1n) is 5.97. The lowest BCUT2D eigenvalue weighted by atomic mass is 10.1. The van der Waals surface area contributed by atoms with Crippen molar-refractivity contribution in [2.45, 2.75) is 25.6 Å². The smallest absolute Gasteiger partial charge is 0.365 e. The normalized spacial score (nSPS) is 17.6. The quantitative estimate of drug-likeness (QED) is 0.899. The minimum absolute atomic E-state index is 0.0620. The van der Waals surface area contributed by atoms with Crippen LogP contribution in [0.2, 0.25) is 0 Å². The van der Waals surface area contributed by atoms with Crippen molar-refractivity contribution in [1.82, 2.24) is 9.88 Å². The van der Waals surface area contributed by atoms with Crippen molar-refractivity contribution in [3.8, 4) is 0 Å². The van der Waals surface area contributed by atoms with Gasteiger partial charge in [-0.05, 0) is 24.1 Å². The average Bonchev–Trinajstić information content (AvgIpc) is 2.25. The largest absolute Gasteiger partial charge is 0.401 e. The molecule has 1 saturated heterocycles. The molecule has 0 radical (unpaired) electrons. The summed E-state index contributed by atoms with van der Waals surface area (Å²) >= 11 is 0. The highest BCUT2D eigenvalue weighted by Crippen LogP contribution is 2.21. The average molecular weight is 259 g/mol. The third kappa shape index (κ3) is 3.60. The van der Waals surface area contributed by atoms with E-state index in [2.05, 4.69) is 10.3 Å². The van der Waals surface area contributed by atoms with Crippen LogP contribution in [0.4, 0.5) is 19.0 Å². The molecule has 3 nitrogen and oxygen atoms in total. The second kappa shape index (κ2) is 5.14. The number of anilines is 1. The van der Waals surface area contributed by atoms with Crippen molar-refractivity contribution < 1.29 is 13.2 Å². The summed E-state index contributed by atoms with van der Waals surface area (Å²) in [5, 5.41) is 3.15. The van der Waals surface area contributed by atoms with Crippen molar-refractivity contribution in [2.75, 3.05) is 25.0 Å². The number of nitrogens with one attached hydrogen (secondary N) is 1. The van der Waals surface area contributed by atoms with E-state index in [1.54, 1.807) is 6.20 Å². The minimum atomic E-state index is -4.11. The zero-order valence-electron chi connectivity index (χ0n) is 10.2. The lowest BCUT2D eigenvalue weighted by molar-refractivity contribution is -0.153. The van der Waals surface area contributed by atoms with E-state index >= 15 is 0 Å². The van der Waals surface area contributed by atoms with Crippen LogP contribution in [0.1, 0.15) is 12.5 Å². The van der Waals surface area contributed by atoms with Crippen LogP contribution in [0, 0.1) is 0 Å². The Morgan fingerprint density at radius 2 is 2.17 bits per heavy atom. The number of nitrogens with zero attached hydrogens (tertiary/aromatic N) is 2. The van der Waals surface area contributed by atoms with Gasteiger partial charge in [-0.25, -0.2) is 4.98 Å². The number of rotatable bonds is 4. The molecule has 1 N–H and O–H groups in total. The summed E-state index contributed by atoms with van der Waals surface area (Å²) in [4.78, 5) is 5.53. The predicted octanol–water partition coefficient (Wildman–Crippen LogP) is 2.30. The van der Waals surface area contributed by atoms with E-state index in [4.69, 9.17) is 0 Å². The van der Waals surface area contributed by atoms with E-state index in [0.29, 0.717) is 13.1 Å². The first-order chi connectivity index (χ1) is 8.46. The summed E-state index contributed by atoms with van der Waals surface area (Å²) in [5.41, 5.74) is 1.17. The van der Waals surface area contributed by atoms with Gasteiger partial charge in [0.05, 0.1) is 12.6 Å². The maximum atomic E-state index is 12.1. The van der Waals surface area contributed by atoms with Crippen LogP contribution in [-0.4, -0.2) is 41.7 Å². The molecular weight excluding hydrogens is 243 g/mol. The number of halogens is 3. The van der Waals surface area contributed by atoms with Gasteiger partial charge in [0.25, 0.3) is 0 Å². The summed E-state index contributed by atoms with van der Waals surface area (Å²) in [6.45, 7) is 2.05. The maximum absolute atomic E-state index is 12.1. The summed E-state index contributed by atoms with van der Waals surface area (Å²) < 4.78 is 36.3. The molecule has 1 aromatic heterocycles. The number of pyridine rings is 1. The van der Waals surface area contributed by atoms with Crippen LogP contribution < -0.4 is 5.32 Å². The van der Waals surface area contributed by atoms with Gasteiger partial charge in [-0.3, -0.25) is 4.90 Å². The number of aromatic nitrogens is 1. The van der Waals surface area contributed by atoms with E-state index in [1.165, 1.54) is 10.5 Å². The Labute approximate surface area is 104 Å². The highest BCUT2D eigenvalue weighted by Gasteiger charge is 2.36. The summed E-state index contributed by atoms with van der Waals surface area (Å²) in [6, 6.07) is 3.93. The van der Waals surface area contributed by atoms with Crippen molar-refractivity contribution in [3.05, 3.63) is 23.9 Å². The topological polar surface area (TPSA) is 28.2 Å². The SMILES string of the molecule is CCc1ccnc(NC2CN(CC(F)(F)F)C2)c1. The summed E-state index contributed by atoms with van der Waals surface area (Å²) in [6.07, 6.45) is -1.47. The minimum Gasteiger partial charge on any atom is -0.365 e. The molecule has 0 bridgehead atoms. The molecule has 0 aliphatic carbocycles. The number of aryl methyl sites for hydroxylation is 1. The van der Waals surface area contributed by atoms with Gasteiger partial charge in [0.15, 0.2) is 0 Å². The third-order valence-electron chi connectivity index (χ3n) is 2.94. The zero-order valence-corrected chi connectivity index (χ0v) is 10.2. The van der Waals surface area contributed by atoms with E-state index in [1.807, 2.05) is 19.1 Å². The molecule has 18 heavy (non-hydrogen) atoms. The number of hydrogen-bond donors (Lipinski definition) is 1. The standard InChI is InChI=1S/C12H16F3N3/c1-2-9-3-4-16-11(5-9)17-10-6-18(7-10)8-12(13,14)15/h3-5,10H,2,6-8H2,1H3,(H,16,17). The molecule has 6 heteroatoms. The highest BCUT2D eigenvalue weighted by molar-refractivity contribution is 5.39. The van der Waals surface area contributed by atoms with Gasteiger partial charge in [-0.15, -0.1) is 0 Å². The highest BCUT2D eigenvalue weighted by atomic mass is 19.4. The fourth-order valence-corrected chi connectivity index (χ4v) is 2.03. The summed E-state index contributed by atoms with van der Waals surface area (Å²) in [5.74, 6) is 0.742. The molecule has 1 fully saturated rings. The Bertz CT molecular complexity index is 400. The van der Waals surface area contributed by atoms with E-state index in [0.717, 1.165) is 12.2 Å². The second-order valence-electron chi connectivity index (χ2n) is 4.55. The Morgan fingerprint density at radius 3 is 2.78 bits per heavy atom. The van der Waals surface area contributed by atoms with Crippen molar-refractivity contribution >= 4 is 5.82 Å². The van der Waals surface area contributed by atoms with Gasteiger partial charge in [-0.2, -0.15) is 13.2 Å². The Hall–Kier alpha value is -1.30. The molecule has 2 rings (SSSR count). The van der Waals surface area contributed by atoms with Gasteiger partial charge >= 0.3 is 6.18 Å². The lowest BCUT2D eigenvalue weighted by Gasteiger charge is -2.40. The van der Waals surface area contributed by atoms with Gasteiger partial charge in [0.2, 0.25) is 0 Å². The van der Waals surface area contributed by atoms with Crippen LogP contribution in [0.25, 0.3) is 0 Å². The molecule has 1 aromatic rings. The molecule has 0 spiro atoms. The molecular formula is C12H16F3N3. The Morgan fingerprint density at radius 1 is 1.44 bits per heavy atom. The van der Waals surface area contributed by atoms with Gasteiger partial charge in [0.1, 0.15) is 5.82 Å². The first kappa shape index (κ1) is 13.1. The molecule has 0 aromatic carbocycles. The lowest BCUT2D eigenvalue weighted by Crippen LogP contribution is -2.57. The first-order valence-corrected chi connectivity index (χ1v) is 5.97. The van der Waals surface area contributed by atoms with Crippen LogP contribution in [0.3, 0.4) is 0 Å². The molecule has 0 saturated carbocycles. The predicted molar refractivity (Wildman–Crippen MR) is 63.5 cm³/mol. The van der Waals surface area contributed by atoms with Crippen LogP contribution >= 0.6 is 0 Å². The van der Waals surface area contributed by atoms with Crippen molar-refractivity contribution in [1.29, 1.82) is 0 Å². The van der Waals surface area contributed by atoms with Gasteiger partial charge in [-0.1, -0.05) is 6.92 Å². The van der Waals surface area contributed by atoms with Crippen LogP contribution in [0.5, 0.6) is 0 Å². The second-order valence-corrected chi connectivity index (χ2v) is 4.55. The Kier molecular flexibility index (Phi) is 3.75. The molecule has 1 aliphatic rings.